The molecular weight excluding hydrogens is 266 g/mol. The summed E-state index contributed by atoms with van der Waals surface area (Å²) in [6.45, 7) is 4.74. The highest BCUT2D eigenvalue weighted by molar-refractivity contribution is 5.77. The Bertz CT molecular complexity index is 624. The predicted molar refractivity (Wildman–Crippen MR) is 84.5 cm³/mol. The Labute approximate surface area is 124 Å². The van der Waals surface area contributed by atoms with E-state index in [0.717, 1.165) is 31.4 Å². The van der Waals surface area contributed by atoms with Crippen LogP contribution in [0.1, 0.15) is 25.6 Å². The van der Waals surface area contributed by atoms with Crippen LogP contribution in [-0.2, 0) is 6.42 Å². The third-order valence-corrected chi connectivity index (χ3v) is 3.57. The van der Waals surface area contributed by atoms with Gasteiger partial charge in [-0.3, -0.25) is 4.79 Å². The lowest BCUT2D eigenvalue weighted by atomic mass is 10.2. The summed E-state index contributed by atoms with van der Waals surface area (Å²) in [4.78, 5) is 21.6. The zero-order valence-corrected chi connectivity index (χ0v) is 12.5. The lowest BCUT2D eigenvalue weighted by molar-refractivity contribution is 0.194. The van der Waals surface area contributed by atoms with Crippen LogP contribution in [0.3, 0.4) is 0 Å². The summed E-state index contributed by atoms with van der Waals surface area (Å²) < 4.78 is 0. The molecule has 2 rings (SSSR count). The minimum absolute atomic E-state index is 0.0853. The van der Waals surface area contributed by atoms with Crippen LogP contribution in [0.5, 0.6) is 0 Å². The van der Waals surface area contributed by atoms with Crippen molar-refractivity contribution in [3.05, 3.63) is 40.4 Å². The summed E-state index contributed by atoms with van der Waals surface area (Å²) in [6.07, 6.45) is 2.93. The van der Waals surface area contributed by atoms with Gasteiger partial charge in [0.1, 0.15) is 5.82 Å². The van der Waals surface area contributed by atoms with Crippen molar-refractivity contribution >= 4 is 10.9 Å². The number of unbranched alkanes of at least 4 members (excludes halogenated alkanes) is 1. The molecule has 0 atom stereocenters. The Hall–Kier alpha value is -1.72. The molecule has 1 aromatic carbocycles. The van der Waals surface area contributed by atoms with Crippen molar-refractivity contribution in [3.63, 3.8) is 0 Å². The number of nitrogens with zero attached hydrogens (tertiary/aromatic N) is 2. The number of H-pyrrole nitrogens is 1. The molecule has 0 spiro atoms. The molecule has 0 amide bonds. The fraction of sp³-hybridized carbons (Fsp3) is 0.500. The van der Waals surface area contributed by atoms with E-state index in [1.165, 1.54) is 0 Å². The van der Waals surface area contributed by atoms with Gasteiger partial charge in [-0.15, -0.1) is 0 Å². The van der Waals surface area contributed by atoms with E-state index in [-0.39, 0.29) is 12.2 Å². The Morgan fingerprint density at radius 1 is 1.24 bits per heavy atom. The Morgan fingerprint density at radius 3 is 2.81 bits per heavy atom. The standard InChI is InChI=1S/C16H23N3O2/c1-2-3-9-19(11-12-20)10-8-15-17-14-7-5-4-6-13(14)16(21)18-15/h4-7,20H,2-3,8-12H2,1H3,(H,17,18,21). The zero-order valence-electron chi connectivity index (χ0n) is 12.5. The van der Waals surface area contributed by atoms with E-state index >= 15 is 0 Å². The van der Waals surface area contributed by atoms with Gasteiger partial charge in [0, 0.05) is 19.5 Å². The lowest BCUT2D eigenvalue weighted by Gasteiger charge is -2.20. The Morgan fingerprint density at radius 2 is 2.05 bits per heavy atom. The minimum atomic E-state index is -0.0853. The van der Waals surface area contributed by atoms with Crippen LogP contribution in [-0.4, -0.2) is 46.2 Å². The number of fused-ring (bicyclic) bond motifs is 1. The number of nitrogens with one attached hydrogen (secondary N) is 1. The molecule has 2 aromatic rings. The van der Waals surface area contributed by atoms with Gasteiger partial charge in [0.2, 0.25) is 0 Å². The first-order valence-corrected chi connectivity index (χ1v) is 7.55. The molecule has 0 saturated carbocycles. The molecule has 5 nitrogen and oxygen atoms in total. The molecule has 0 unspecified atom stereocenters. The summed E-state index contributed by atoms with van der Waals surface area (Å²) in [6, 6.07) is 7.37. The number of hydrogen-bond acceptors (Lipinski definition) is 4. The van der Waals surface area contributed by atoms with Crippen molar-refractivity contribution in [1.29, 1.82) is 0 Å². The quantitative estimate of drug-likeness (QED) is 0.774. The molecule has 0 aliphatic rings. The number of aliphatic hydroxyl groups is 1. The first kappa shape index (κ1) is 15.7. The van der Waals surface area contributed by atoms with Crippen LogP contribution in [0.25, 0.3) is 10.9 Å². The van der Waals surface area contributed by atoms with E-state index in [9.17, 15) is 4.79 Å². The highest BCUT2D eigenvalue weighted by Crippen LogP contribution is 2.06. The summed E-state index contributed by atoms with van der Waals surface area (Å²) in [5.74, 6) is 0.707. The summed E-state index contributed by atoms with van der Waals surface area (Å²) in [5, 5.41) is 9.73. The van der Waals surface area contributed by atoms with Gasteiger partial charge in [-0.2, -0.15) is 0 Å². The average Bonchev–Trinajstić information content (AvgIpc) is 2.50. The van der Waals surface area contributed by atoms with E-state index in [0.29, 0.717) is 24.2 Å². The number of aromatic amines is 1. The average molecular weight is 289 g/mol. The fourth-order valence-corrected chi connectivity index (χ4v) is 2.38. The SMILES string of the molecule is CCCCN(CCO)CCc1nc2ccccc2c(=O)[nH]1. The normalized spacial score (nSPS) is 11.4. The molecule has 5 heteroatoms. The van der Waals surface area contributed by atoms with E-state index in [1.54, 1.807) is 6.07 Å². The molecule has 0 aliphatic carbocycles. The smallest absolute Gasteiger partial charge is 0.258 e. The number of hydrogen-bond donors (Lipinski definition) is 2. The second kappa shape index (κ2) is 7.90. The second-order valence-corrected chi connectivity index (χ2v) is 5.20. The largest absolute Gasteiger partial charge is 0.395 e. The number of para-hydroxylation sites is 1. The van der Waals surface area contributed by atoms with E-state index in [1.807, 2.05) is 18.2 Å². The van der Waals surface area contributed by atoms with Crippen LogP contribution < -0.4 is 5.56 Å². The molecule has 1 heterocycles. The molecule has 0 bridgehead atoms. The van der Waals surface area contributed by atoms with Gasteiger partial charge in [0.25, 0.3) is 5.56 Å². The van der Waals surface area contributed by atoms with E-state index in [4.69, 9.17) is 5.11 Å². The lowest BCUT2D eigenvalue weighted by Crippen LogP contribution is -2.31. The van der Waals surface area contributed by atoms with Crippen LogP contribution in [0, 0.1) is 0 Å². The molecule has 2 N–H and O–H groups in total. The third kappa shape index (κ3) is 4.37. The molecular formula is C16H23N3O2. The van der Waals surface area contributed by atoms with Gasteiger partial charge < -0.3 is 15.0 Å². The Balaban J connectivity index is 2.06. The van der Waals surface area contributed by atoms with Crippen molar-refractivity contribution < 1.29 is 5.11 Å². The van der Waals surface area contributed by atoms with Crippen molar-refractivity contribution in [2.75, 3.05) is 26.2 Å². The Kier molecular flexibility index (Phi) is 5.90. The molecule has 0 fully saturated rings. The number of aliphatic hydroxyl groups excluding tert-OH is 1. The number of aromatic nitrogens is 2. The zero-order chi connectivity index (χ0) is 15.1. The summed E-state index contributed by atoms with van der Waals surface area (Å²) in [7, 11) is 0. The van der Waals surface area contributed by atoms with Gasteiger partial charge >= 0.3 is 0 Å². The monoisotopic (exact) mass is 289 g/mol. The highest BCUT2D eigenvalue weighted by atomic mass is 16.3. The van der Waals surface area contributed by atoms with Gasteiger partial charge in [-0.25, -0.2) is 4.98 Å². The van der Waals surface area contributed by atoms with Crippen LogP contribution >= 0.6 is 0 Å². The molecule has 0 saturated heterocycles. The van der Waals surface area contributed by atoms with E-state index in [2.05, 4.69) is 21.8 Å². The first-order chi connectivity index (χ1) is 10.2. The van der Waals surface area contributed by atoms with Crippen molar-refractivity contribution in [2.24, 2.45) is 0 Å². The van der Waals surface area contributed by atoms with E-state index < -0.39 is 0 Å². The minimum Gasteiger partial charge on any atom is -0.395 e. The number of benzene rings is 1. The van der Waals surface area contributed by atoms with Gasteiger partial charge in [-0.1, -0.05) is 25.5 Å². The first-order valence-electron chi connectivity index (χ1n) is 7.55. The topological polar surface area (TPSA) is 69.2 Å². The predicted octanol–water partition coefficient (Wildman–Crippen LogP) is 1.56. The molecule has 1 aromatic heterocycles. The highest BCUT2D eigenvalue weighted by Gasteiger charge is 2.07. The molecule has 21 heavy (non-hydrogen) atoms. The van der Waals surface area contributed by atoms with Crippen molar-refractivity contribution in [2.45, 2.75) is 26.2 Å². The van der Waals surface area contributed by atoms with Gasteiger partial charge in [0.05, 0.1) is 17.5 Å². The van der Waals surface area contributed by atoms with Gasteiger partial charge in [-0.05, 0) is 25.1 Å². The van der Waals surface area contributed by atoms with Crippen LogP contribution in [0.4, 0.5) is 0 Å². The molecule has 0 radical (unpaired) electrons. The fourth-order valence-electron chi connectivity index (χ4n) is 2.38. The molecule has 0 aliphatic heterocycles. The van der Waals surface area contributed by atoms with Crippen molar-refractivity contribution in [3.8, 4) is 0 Å². The van der Waals surface area contributed by atoms with Crippen molar-refractivity contribution in [1.82, 2.24) is 14.9 Å². The number of rotatable bonds is 8. The maximum absolute atomic E-state index is 12.0. The maximum Gasteiger partial charge on any atom is 0.258 e. The summed E-state index contributed by atoms with van der Waals surface area (Å²) >= 11 is 0. The molecule has 114 valence electrons. The van der Waals surface area contributed by atoms with Gasteiger partial charge in [0.15, 0.2) is 0 Å². The van der Waals surface area contributed by atoms with Crippen LogP contribution in [0.2, 0.25) is 0 Å². The third-order valence-electron chi connectivity index (χ3n) is 3.57. The van der Waals surface area contributed by atoms with Crippen LogP contribution in [0.15, 0.2) is 29.1 Å². The second-order valence-electron chi connectivity index (χ2n) is 5.20. The maximum atomic E-state index is 12.0. The summed E-state index contributed by atoms with van der Waals surface area (Å²) in [5.41, 5.74) is 0.649.